The predicted molar refractivity (Wildman–Crippen MR) is 69.9 cm³/mol. The topological polar surface area (TPSA) is 45.2 Å². The molecule has 0 saturated heterocycles. The Kier molecular flexibility index (Phi) is 3.26. The molecule has 2 rings (SSSR count). The van der Waals surface area contributed by atoms with Crippen LogP contribution in [0.4, 0.5) is 0 Å². The van der Waals surface area contributed by atoms with E-state index in [1.165, 1.54) is 16.9 Å². The van der Waals surface area contributed by atoms with Gasteiger partial charge in [-0.1, -0.05) is 0 Å². The van der Waals surface area contributed by atoms with Crippen molar-refractivity contribution in [2.24, 2.45) is 0 Å². The second kappa shape index (κ2) is 4.55. The van der Waals surface area contributed by atoms with Crippen LogP contribution in [-0.2, 0) is 0 Å². The SMILES string of the molecule is COc1csc(C(O)c2[nH]c(C)c(C)c2C)c1. The van der Waals surface area contributed by atoms with Crippen LogP contribution in [0.25, 0.3) is 0 Å². The van der Waals surface area contributed by atoms with Gasteiger partial charge in [0.25, 0.3) is 0 Å². The Morgan fingerprint density at radius 3 is 2.47 bits per heavy atom. The number of methoxy groups -OCH3 is 1. The van der Waals surface area contributed by atoms with E-state index in [1.54, 1.807) is 7.11 Å². The number of hydrogen-bond acceptors (Lipinski definition) is 3. The summed E-state index contributed by atoms with van der Waals surface area (Å²) in [5, 5.41) is 12.2. The lowest BCUT2D eigenvalue weighted by molar-refractivity contribution is 0.218. The molecule has 0 radical (unpaired) electrons. The predicted octanol–water partition coefficient (Wildman–Crippen LogP) is 3.09. The molecule has 0 aliphatic carbocycles. The van der Waals surface area contributed by atoms with Gasteiger partial charge in [-0.2, -0.15) is 0 Å². The smallest absolute Gasteiger partial charge is 0.129 e. The molecule has 0 aliphatic rings. The van der Waals surface area contributed by atoms with E-state index in [0.717, 1.165) is 27.6 Å². The van der Waals surface area contributed by atoms with Gasteiger partial charge in [-0.25, -0.2) is 0 Å². The number of hydrogen-bond donors (Lipinski definition) is 2. The Balaban J connectivity index is 2.36. The molecule has 1 atom stereocenters. The highest BCUT2D eigenvalue weighted by Gasteiger charge is 2.19. The van der Waals surface area contributed by atoms with Crippen molar-refractivity contribution in [3.8, 4) is 5.75 Å². The Bertz CT molecular complexity index is 528. The molecule has 2 N–H and O–H groups in total. The van der Waals surface area contributed by atoms with Gasteiger partial charge in [-0.15, -0.1) is 11.3 Å². The van der Waals surface area contributed by atoms with Crippen LogP contribution in [0.5, 0.6) is 5.75 Å². The third kappa shape index (κ3) is 2.10. The van der Waals surface area contributed by atoms with Gasteiger partial charge in [0.05, 0.1) is 12.8 Å². The van der Waals surface area contributed by atoms with Crippen molar-refractivity contribution < 1.29 is 9.84 Å². The van der Waals surface area contributed by atoms with E-state index in [4.69, 9.17) is 4.74 Å². The third-order valence-corrected chi connectivity index (χ3v) is 4.19. The molecule has 3 nitrogen and oxygen atoms in total. The molecule has 0 fully saturated rings. The average molecular weight is 251 g/mol. The van der Waals surface area contributed by atoms with Crippen LogP contribution in [0.15, 0.2) is 11.4 Å². The summed E-state index contributed by atoms with van der Waals surface area (Å²) in [5.74, 6) is 0.793. The van der Waals surface area contributed by atoms with E-state index >= 15 is 0 Å². The van der Waals surface area contributed by atoms with Crippen molar-refractivity contribution in [1.29, 1.82) is 0 Å². The average Bonchev–Trinajstić information content (AvgIpc) is 2.89. The second-order valence-electron chi connectivity index (χ2n) is 4.21. The summed E-state index contributed by atoms with van der Waals surface area (Å²) in [6.45, 7) is 6.11. The minimum atomic E-state index is -0.601. The number of rotatable bonds is 3. The lowest BCUT2D eigenvalue weighted by atomic mass is 10.1. The molecule has 0 spiro atoms. The molecule has 0 aromatic carbocycles. The number of aromatic nitrogens is 1. The molecular formula is C13H17NO2S. The van der Waals surface area contributed by atoms with E-state index in [2.05, 4.69) is 11.9 Å². The minimum Gasteiger partial charge on any atom is -0.496 e. The standard InChI is InChI=1S/C13H17NO2S/c1-7-8(2)12(14-9(7)3)13(15)11-5-10(16-4)6-17-11/h5-6,13-15H,1-4H3. The zero-order valence-electron chi connectivity index (χ0n) is 10.5. The number of thiophene rings is 1. The van der Waals surface area contributed by atoms with E-state index in [0.29, 0.717) is 0 Å². The van der Waals surface area contributed by atoms with Crippen molar-refractivity contribution in [2.45, 2.75) is 26.9 Å². The Morgan fingerprint density at radius 2 is 2.00 bits per heavy atom. The molecule has 0 saturated carbocycles. The highest BCUT2D eigenvalue weighted by atomic mass is 32.1. The largest absolute Gasteiger partial charge is 0.496 e. The number of aliphatic hydroxyl groups excluding tert-OH is 1. The summed E-state index contributed by atoms with van der Waals surface area (Å²) >= 11 is 1.51. The fourth-order valence-electron chi connectivity index (χ4n) is 1.87. The summed E-state index contributed by atoms with van der Waals surface area (Å²) in [7, 11) is 1.63. The highest BCUT2D eigenvalue weighted by molar-refractivity contribution is 7.10. The summed E-state index contributed by atoms with van der Waals surface area (Å²) in [5.41, 5.74) is 4.33. The van der Waals surface area contributed by atoms with E-state index in [1.807, 2.05) is 25.3 Å². The van der Waals surface area contributed by atoms with Gasteiger partial charge in [0.1, 0.15) is 11.9 Å². The molecule has 0 aliphatic heterocycles. The van der Waals surface area contributed by atoms with Gasteiger partial charge in [0.2, 0.25) is 0 Å². The zero-order valence-corrected chi connectivity index (χ0v) is 11.3. The first kappa shape index (κ1) is 12.2. The second-order valence-corrected chi connectivity index (χ2v) is 5.15. The first-order valence-electron chi connectivity index (χ1n) is 5.50. The third-order valence-electron chi connectivity index (χ3n) is 3.23. The van der Waals surface area contributed by atoms with Crippen LogP contribution in [0.3, 0.4) is 0 Å². The molecule has 0 bridgehead atoms. The summed E-state index contributed by atoms with van der Waals surface area (Å²) in [4.78, 5) is 4.15. The van der Waals surface area contributed by atoms with E-state index in [9.17, 15) is 5.11 Å². The van der Waals surface area contributed by atoms with Crippen LogP contribution in [-0.4, -0.2) is 17.2 Å². The number of aromatic amines is 1. The first-order chi connectivity index (χ1) is 8.04. The molecule has 2 aromatic rings. The zero-order chi connectivity index (χ0) is 12.6. The van der Waals surface area contributed by atoms with Gasteiger partial charge >= 0.3 is 0 Å². The fourth-order valence-corrected chi connectivity index (χ4v) is 2.72. The Morgan fingerprint density at radius 1 is 1.29 bits per heavy atom. The molecule has 0 amide bonds. The lowest BCUT2D eigenvalue weighted by Gasteiger charge is -2.08. The van der Waals surface area contributed by atoms with Crippen molar-refractivity contribution in [2.75, 3.05) is 7.11 Å². The lowest BCUT2D eigenvalue weighted by Crippen LogP contribution is -1.99. The minimum absolute atomic E-state index is 0.601. The van der Waals surface area contributed by atoms with Gasteiger partial charge in [-0.05, 0) is 38.0 Å². The number of nitrogens with one attached hydrogen (secondary N) is 1. The number of H-pyrrole nitrogens is 1. The molecule has 2 aromatic heterocycles. The van der Waals surface area contributed by atoms with E-state index in [-0.39, 0.29) is 0 Å². The van der Waals surface area contributed by atoms with Crippen LogP contribution < -0.4 is 4.74 Å². The summed E-state index contributed by atoms with van der Waals surface area (Å²) < 4.78 is 5.13. The Hall–Kier alpha value is -1.26. The van der Waals surface area contributed by atoms with Gasteiger partial charge in [-0.3, -0.25) is 0 Å². The summed E-state index contributed by atoms with van der Waals surface area (Å²) in [6, 6.07) is 1.88. The quantitative estimate of drug-likeness (QED) is 0.880. The maximum atomic E-state index is 10.3. The molecule has 92 valence electrons. The molecule has 4 heteroatoms. The van der Waals surface area contributed by atoms with Crippen molar-refractivity contribution in [3.05, 3.63) is 38.8 Å². The normalized spacial score (nSPS) is 12.8. The van der Waals surface area contributed by atoms with E-state index < -0.39 is 6.10 Å². The van der Waals surface area contributed by atoms with Gasteiger partial charge in [0, 0.05) is 16.0 Å². The monoisotopic (exact) mass is 251 g/mol. The first-order valence-corrected chi connectivity index (χ1v) is 6.38. The van der Waals surface area contributed by atoms with Crippen LogP contribution in [0, 0.1) is 20.8 Å². The number of ether oxygens (including phenoxy) is 1. The molecule has 1 unspecified atom stereocenters. The van der Waals surface area contributed by atoms with Gasteiger partial charge < -0.3 is 14.8 Å². The molecule has 2 heterocycles. The van der Waals surface area contributed by atoms with Crippen LogP contribution in [0.2, 0.25) is 0 Å². The maximum Gasteiger partial charge on any atom is 0.129 e. The van der Waals surface area contributed by atoms with Crippen molar-refractivity contribution in [1.82, 2.24) is 4.98 Å². The number of aliphatic hydroxyl groups is 1. The Labute approximate surface area is 105 Å². The fraction of sp³-hybridized carbons (Fsp3) is 0.385. The van der Waals surface area contributed by atoms with Crippen LogP contribution >= 0.6 is 11.3 Å². The maximum absolute atomic E-state index is 10.3. The highest BCUT2D eigenvalue weighted by Crippen LogP contribution is 2.33. The summed E-state index contributed by atoms with van der Waals surface area (Å²) in [6.07, 6.45) is -0.601. The van der Waals surface area contributed by atoms with Crippen molar-refractivity contribution >= 4 is 11.3 Å². The molecular weight excluding hydrogens is 234 g/mol. The van der Waals surface area contributed by atoms with Gasteiger partial charge in [0.15, 0.2) is 0 Å². The molecule has 17 heavy (non-hydrogen) atoms. The number of aryl methyl sites for hydroxylation is 1. The van der Waals surface area contributed by atoms with Crippen molar-refractivity contribution in [3.63, 3.8) is 0 Å². The van der Waals surface area contributed by atoms with Crippen LogP contribution in [0.1, 0.15) is 33.5 Å².